The molecule has 1 N–H and O–H groups in total. The van der Waals surface area contributed by atoms with E-state index in [1.54, 1.807) is 0 Å². The van der Waals surface area contributed by atoms with Crippen LogP contribution in [0.5, 0.6) is 0 Å². The molecule has 1 rings (SSSR count). The molecule has 8 heteroatoms. The number of anilines is 1. The zero-order valence-electron chi connectivity index (χ0n) is 6.24. The van der Waals surface area contributed by atoms with Gasteiger partial charge in [0.25, 0.3) is 0 Å². The first-order valence-electron chi connectivity index (χ1n) is 3.08. The molecule has 0 saturated carbocycles. The van der Waals surface area contributed by atoms with Crippen LogP contribution in [0.15, 0.2) is 12.3 Å². The Morgan fingerprint density at radius 2 is 2.23 bits per heavy atom. The average molecular weight is 242 g/mol. The lowest BCUT2D eigenvalue weighted by atomic mass is 10.7. The minimum Gasteiger partial charge on any atom is -0.250 e. The zero-order valence-corrected chi connectivity index (χ0v) is 8.57. The van der Waals surface area contributed by atoms with E-state index in [2.05, 4.69) is 9.97 Å². The Bertz CT molecular complexity index is 395. The Morgan fingerprint density at radius 1 is 1.54 bits per heavy atom. The summed E-state index contributed by atoms with van der Waals surface area (Å²) in [4.78, 5) is 7.24. The van der Waals surface area contributed by atoms with Crippen molar-refractivity contribution in [1.29, 1.82) is 0 Å². The van der Waals surface area contributed by atoms with Gasteiger partial charge in [-0.3, -0.25) is 4.72 Å². The van der Waals surface area contributed by atoms with Crippen molar-refractivity contribution in [3.05, 3.63) is 17.4 Å². The molecule has 13 heavy (non-hydrogen) atoms. The summed E-state index contributed by atoms with van der Waals surface area (Å²) in [5, 5.41) is -0.398. The molecule has 0 aliphatic rings. The van der Waals surface area contributed by atoms with Crippen LogP contribution in [0.25, 0.3) is 0 Å². The molecular weight excluding hydrogens is 237 g/mol. The standard InChI is InChI=1S/C5H5Cl2N3O2S/c6-3-13(11,12)10-5-8-2-1-4(7)9-5/h1-2H,3H2,(H,8,9,10). The maximum absolute atomic E-state index is 10.9. The molecule has 72 valence electrons. The summed E-state index contributed by atoms with van der Waals surface area (Å²) >= 11 is 10.6. The second-order valence-electron chi connectivity index (χ2n) is 2.03. The third kappa shape index (κ3) is 3.33. The molecule has 0 amide bonds. The maximum Gasteiger partial charge on any atom is 0.249 e. The third-order valence-electron chi connectivity index (χ3n) is 1.01. The van der Waals surface area contributed by atoms with Gasteiger partial charge < -0.3 is 0 Å². The number of aromatic nitrogens is 2. The normalized spacial score (nSPS) is 11.2. The van der Waals surface area contributed by atoms with E-state index in [1.165, 1.54) is 12.3 Å². The van der Waals surface area contributed by atoms with Gasteiger partial charge in [0.2, 0.25) is 16.0 Å². The zero-order chi connectivity index (χ0) is 9.90. The van der Waals surface area contributed by atoms with Crippen LogP contribution in [0.1, 0.15) is 0 Å². The molecule has 0 atom stereocenters. The van der Waals surface area contributed by atoms with Crippen LogP contribution in [0.3, 0.4) is 0 Å². The number of nitrogens with zero attached hydrogens (tertiary/aromatic N) is 2. The molecular formula is C5H5Cl2N3O2S. The lowest BCUT2D eigenvalue weighted by Crippen LogP contribution is -2.15. The highest BCUT2D eigenvalue weighted by atomic mass is 35.5. The Kier molecular flexibility index (Phi) is 3.29. The van der Waals surface area contributed by atoms with Crippen LogP contribution in [-0.4, -0.2) is 23.6 Å². The van der Waals surface area contributed by atoms with Gasteiger partial charge in [-0.05, 0) is 6.07 Å². The third-order valence-corrected chi connectivity index (χ3v) is 2.87. The molecule has 1 aromatic rings. The van der Waals surface area contributed by atoms with Gasteiger partial charge >= 0.3 is 0 Å². The second kappa shape index (κ2) is 4.08. The van der Waals surface area contributed by atoms with Crippen LogP contribution < -0.4 is 4.72 Å². The van der Waals surface area contributed by atoms with Crippen LogP contribution in [-0.2, 0) is 10.0 Å². The topological polar surface area (TPSA) is 72.0 Å². The van der Waals surface area contributed by atoms with Crippen LogP contribution in [0.4, 0.5) is 5.95 Å². The van der Waals surface area contributed by atoms with E-state index < -0.39 is 15.2 Å². The molecule has 1 aromatic heterocycles. The van der Waals surface area contributed by atoms with Gasteiger partial charge in [-0.25, -0.2) is 18.4 Å². The van der Waals surface area contributed by atoms with Crippen LogP contribution in [0.2, 0.25) is 5.15 Å². The van der Waals surface area contributed by atoms with Crippen molar-refractivity contribution in [2.75, 3.05) is 9.93 Å². The largest absolute Gasteiger partial charge is 0.250 e. The fourth-order valence-electron chi connectivity index (χ4n) is 0.552. The predicted molar refractivity (Wildman–Crippen MR) is 50.3 cm³/mol. The molecule has 0 radical (unpaired) electrons. The Balaban J connectivity index is 2.87. The maximum atomic E-state index is 10.9. The van der Waals surface area contributed by atoms with Crippen molar-refractivity contribution in [3.63, 3.8) is 0 Å². The van der Waals surface area contributed by atoms with Gasteiger partial charge in [0.1, 0.15) is 10.4 Å². The smallest absolute Gasteiger partial charge is 0.249 e. The number of nitrogens with one attached hydrogen (secondary N) is 1. The highest BCUT2D eigenvalue weighted by Crippen LogP contribution is 2.07. The molecule has 0 saturated heterocycles. The van der Waals surface area contributed by atoms with Gasteiger partial charge in [-0.2, -0.15) is 0 Å². The molecule has 0 unspecified atom stereocenters. The van der Waals surface area contributed by atoms with E-state index in [4.69, 9.17) is 23.2 Å². The number of rotatable bonds is 3. The number of hydrogen-bond donors (Lipinski definition) is 1. The van der Waals surface area contributed by atoms with Crippen molar-refractivity contribution in [3.8, 4) is 0 Å². The van der Waals surface area contributed by atoms with E-state index in [9.17, 15) is 8.42 Å². The van der Waals surface area contributed by atoms with Crippen molar-refractivity contribution in [1.82, 2.24) is 9.97 Å². The summed E-state index contributed by atoms with van der Waals surface area (Å²) < 4.78 is 23.9. The van der Waals surface area contributed by atoms with E-state index in [1.807, 2.05) is 4.72 Å². The van der Waals surface area contributed by atoms with Crippen LogP contribution in [0, 0.1) is 0 Å². The first-order valence-corrected chi connectivity index (χ1v) is 5.65. The summed E-state index contributed by atoms with van der Waals surface area (Å²) in [6.45, 7) is 0. The van der Waals surface area contributed by atoms with Crippen molar-refractivity contribution < 1.29 is 8.42 Å². The summed E-state index contributed by atoms with van der Waals surface area (Å²) in [5.41, 5.74) is 0. The summed E-state index contributed by atoms with van der Waals surface area (Å²) in [6, 6.07) is 1.43. The van der Waals surface area contributed by atoms with Gasteiger partial charge in [0, 0.05) is 6.20 Å². The Morgan fingerprint density at radius 3 is 2.77 bits per heavy atom. The summed E-state index contributed by atoms with van der Waals surface area (Å²) in [5.74, 6) is -0.0897. The van der Waals surface area contributed by atoms with E-state index in [0.717, 1.165) is 0 Å². The average Bonchev–Trinajstić information content (AvgIpc) is 2.03. The monoisotopic (exact) mass is 241 g/mol. The van der Waals surface area contributed by atoms with E-state index in [0.29, 0.717) is 0 Å². The predicted octanol–water partition coefficient (Wildman–Crippen LogP) is 1.07. The van der Waals surface area contributed by atoms with Crippen molar-refractivity contribution in [2.24, 2.45) is 0 Å². The number of sulfonamides is 1. The first-order chi connectivity index (χ1) is 6.03. The van der Waals surface area contributed by atoms with Gasteiger partial charge in [0.05, 0.1) is 0 Å². The Labute approximate surface area is 85.2 Å². The molecule has 0 aromatic carbocycles. The van der Waals surface area contributed by atoms with Gasteiger partial charge in [-0.1, -0.05) is 11.6 Å². The van der Waals surface area contributed by atoms with Crippen molar-refractivity contribution in [2.45, 2.75) is 0 Å². The summed E-state index contributed by atoms with van der Waals surface area (Å²) in [7, 11) is -3.56. The molecule has 0 bridgehead atoms. The first kappa shape index (κ1) is 10.5. The SMILES string of the molecule is O=S(=O)(CCl)Nc1nccc(Cl)n1. The highest BCUT2D eigenvalue weighted by Gasteiger charge is 2.09. The quantitative estimate of drug-likeness (QED) is 0.635. The fourth-order valence-corrected chi connectivity index (χ4v) is 1.28. The number of hydrogen-bond acceptors (Lipinski definition) is 4. The molecule has 5 nitrogen and oxygen atoms in total. The summed E-state index contributed by atoms with van der Waals surface area (Å²) in [6.07, 6.45) is 1.33. The molecule has 0 spiro atoms. The van der Waals surface area contributed by atoms with E-state index in [-0.39, 0.29) is 11.1 Å². The van der Waals surface area contributed by atoms with Crippen LogP contribution >= 0.6 is 23.2 Å². The lowest BCUT2D eigenvalue weighted by molar-refractivity contribution is 0.605. The molecule has 0 aliphatic heterocycles. The molecule has 0 fully saturated rings. The van der Waals surface area contributed by atoms with Gasteiger partial charge in [0.15, 0.2) is 0 Å². The fraction of sp³-hybridized carbons (Fsp3) is 0.200. The second-order valence-corrected chi connectivity index (χ2v) is 4.72. The molecule has 0 aliphatic carbocycles. The van der Waals surface area contributed by atoms with E-state index >= 15 is 0 Å². The number of halogens is 2. The van der Waals surface area contributed by atoms with Crippen molar-refractivity contribution >= 4 is 39.2 Å². The molecule has 1 heterocycles. The van der Waals surface area contributed by atoms with Gasteiger partial charge in [-0.15, -0.1) is 11.6 Å². The number of alkyl halides is 1. The Hall–Kier alpha value is -0.590. The highest BCUT2D eigenvalue weighted by molar-refractivity contribution is 7.93. The lowest BCUT2D eigenvalue weighted by Gasteiger charge is -2.01. The minimum atomic E-state index is -3.56. The minimum absolute atomic E-state index is 0.0897.